The fourth-order valence-electron chi connectivity index (χ4n) is 2.01. The number of aromatic hydroxyl groups is 1. The highest BCUT2D eigenvalue weighted by atomic mass is 79.9. The molecule has 0 saturated heterocycles. The van der Waals surface area contributed by atoms with Gasteiger partial charge in [-0.25, -0.2) is 4.98 Å². The number of phenols is 1. The first-order chi connectivity index (χ1) is 11.0. The zero-order valence-corrected chi connectivity index (χ0v) is 14.3. The number of phenolic OH excluding ortho intramolecular Hbond substituents is 1. The van der Waals surface area contributed by atoms with Gasteiger partial charge in [-0.1, -0.05) is 15.9 Å². The highest BCUT2D eigenvalue weighted by molar-refractivity contribution is 9.10. The number of halogens is 1. The van der Waals surface area contributed by atoms with Crippen molar-refractivity contribution < 1.29 is 9.84 Å². The first-order valence-electron chi connectivity index (χ1n) is 6.72. The maximum atomic E-state index is 9.77. The van der Waals surface area contributed by atoms with Crippen LogP contribution < -0.4 is 5.43 Å². The third-order valence-electron chi connectivity index (χ3n) is 3.00. The molecular weight excluding hydrogens is 360 g/mol. The molecule has 0 radical (unpaired) electrons. The van der Waals surface area contributed by atoms with E-state index < -0.39 is 0 Å². The Morgan fingerprint density at radius 2 is 2.26 bits per heavy atom. The second-order valence-electron chi connectivity index (χ2n) is 4.76. The van der Waals surface area contributed by atoms with Crippen LogP contribution in [0.3, 0.4) is 0 Å². The van der Waals surface area contributed by atoms with Crippen LogP contribution in [-0.2, 0) is 11.3 Å². The first kappa shape index (κ1) is 16.9. The van der Waals surface area contributed by atoms with Crippen molar-refractivity contribution in [2.24, 2.45) is 5.10 Å². The number of aromatic nitrogens is 1. The van der Waals surface area contributed by atoms with Crippen LogP contribution in [0.5, 0.6) is 5.75 Å². The van der Waals surface area contributed by atoms with E-state index in [1.54, 1.807) is 31.4 Å². The number of hydrazone groups is 1. The van der Waals surface area contributed by atoms with E-state index in [2.05, 4.69) is 37.5 Å². The summed E-state index contributed by atoms with van der Waals surface area (Å²) in [6.45, 7) is 2.15. The van der Waals surface area contributed by atoms with E-state index >= 15 is 0 Å². The predicted octanol–water partition coefficient (Wildman–Crippen LogP) is 3.32. The number of nitriles is 1. The maximum Gasteiger partial charge on any atom is 0.164 e. The first-order valence-corrected chi connectivity index (χ1v) is 7.51. The molecule has 2 N–H and O–H groups in total. The summed E-state index contributed by atoms with van der Waals surface area (Å²) in [5.74, 6) is 0.460. The molecule has 7 heteroatoms. The molecule has 0 aliphatic heterocycles. The van der Waals surface area contributed by atoms with Gasteiger partial charge in [-0.3, -0.25) is 5.43 Å². The number of nitrogens with zero attached hydrogens (tertiary/aromatic N) is 3. The SMILES string of the molecule is COCc1cc(C)nc(N/N=C\c2cc(Br)ccc2O)c1C#N. The minimum atomic E-state index is 0.108. The Bertz CT molecular complexity index is 784. The number of ether oxygens (including phenoxy) is 1. The molecule has 0 fully saturated rings. The highest BCUT2D eigenvalue weighted by Gasteiger charge is 2.10. The number of pyridine rings is 1. The summed E-state index contributed by atoms with van der Waals surface area (Å²) in [4.78, 5) is 4.28. The lowest BCUT2D eigenvalue weighted by atomic mass is 10.1. The molecule has 118 valence electrons. The number of nitrogens with one attached hydrogen (secondary N) is 1. The van der Waals surface area contributed by atoms with Crippen LogP contribution >= 0.6 is 15.9 Å². The molecule has 2 aromatic rings. The van der Waals surface area contributed by atoms with Crippen LogP contribution in [-0.4, -0.2) is 23.4 Å². The molecule has 0 saturated carbocycles. The molecule has 0 spiro atoms. The third kappa shape index (κ3) is 4.28. The largest absolute Gasteiger partial charge is 0.507 e. The summed E-state index contributed by atoms with van der Waals surface area (Å²) in [7, 11) is 1.57. The Hall–Kier alpha value is -2.43. The fourth-order valence-corrected chi connectivity index (χ4v) is 2.39. The van der Waals surface area contributed by atoms with Crippen molar-refractivity contribution in [3.63, 3.8) is 0 Å². The van der Waals surface area contributed by atoms with Gasteiger partial charge in [0.2, 0.25) is 0 Å². The van der Waals surface area contributed by atoms with Crippen LogP contribution in [0.4, 0.5) is 5.82 Å². The van der Waals surface area contributed by atoms with E-state index in [1.807, 2.05) is 6.92 Å². The Morgan fingerprint density at radius 3 is 2.96 bits per heavy atom. The van der Waals surface area contributed by atoms with Gasteiger partial charge in [0.1, 0.15) is 17.4 Å². The van der Waals surface area contributed by atoms with Crippen molar-refractivity contribution in [2.75, 3.05) is 12.5 Å². The monoisotopic (exact) mass is 374 g/mol. The molecule has 2 rings (SSSR count). The molecule has 1 aromatic carbocycles. The van der Waals surface area contributed by atoms with Crippen LogP contribution in [0, 0.1) is 18.3 Å². The summed E-state index contributed by atoms with van der Waals surface area (Å²) < 4.78 is 5.92. The van der Waals surface area contributed by atoms with Crippen molar-refractivity contribution in [2.45, 2.75) is 13.5 Å². The van der Waals surface area contributed by atoms with Crippen LogP contribution in [0.15, 0.2) is 33.8 Å². The standard InChI is InChI=1S/C16H15BrN4O2/c1-10-5-12(9-23-2)14(7-18)16(20-10)21-19-8-11-6-13(17)3-4-15(11)22/h3-6,8,22H,9H2,1-2H3,(H,20,21)/b19-8-. The summed E-state index contributed by atoms with van der Waals surface area (Å²) in [5.41, 5.74) is 5.16. The van der Waals surface area contributed by atoms with Gasteiger partial charge in [0.25, 0.3) is 0 Å². The fraction of sp³-hybridized carbons (Fsp3) is 0.188. The third-order valence-corrected chi connectivity index (χ3v) is 3.50. The van der Waals surface area contributed by atoms with Crippen LogP contribution in [0.2, 0.25) is 0 Å². The maximum absolute atomic E-state index is 9.77. The zero-order chi connectivity index (χ0) is 16.8. The minimum Gasteiger partial charge on any atom is -0.507 e. The van der Waals surface area contributed by atoms with Crippen molar-refractivity contribution in [3.05, 3.63) is 51.1 Å². The van der Waals surface area contributed by atoms with Gasteiger partial charge in [-0.15, -0.1) is 0 Å². The lowest BCUT2D eigenvalue weighted by molar-refractivity contribution is 0.184. The smallest absolute Gasteiger partial charge is 0.164 e. The van der Waals surface area contributed by atoms with Crippen LogP contribution in [0.1, 0.15) is 22.4 Å². The molecule has 1 aromatic heterocycles. The quantitative estimate of drug-likeness (QED) is 0.618. The van der Waals surface area contributed by atoms with Crippen molar-refractivity contribution in [3.8, 4) is 11.8 Å². The molecule has 0 amide bonds. The van der Waals surface area contributed by atoms with Gasteiger partial charge < -0.3 is 9.84 Å². The number of hydrogen-bond acceptors (Lipinski definition) is 6. The number of anilines is 1. The molecule has 0 aliphatic rings. The second kappa shape index (κ2) is 7.72. The summed E-state index contributed by atoms with van der Waals surface area (Å²) >= 11 is 3.33. The topological polar surface area (TPSA) is 90.5 Å². The lowest BCUT2D eigenvalue weighted by Crippen LogP contribution is -2.03. The van der Waals surface area contributed by atoms with Crippen LogP contribution in [0.25, 0.3) is 0 Å². The van der Waals surface area contributed by atoms with E-state index in [-0.39, 0.29) is 5.75 Å². The van der Waals surface area contributed by atoms with Gasteiger partial charge in [0.05, 0.1) is 12.8 Å². The molecule has 0 aliphatic carbocycles. The molecule has 6 nitrogen and oxygen atoms in total. The Balaban J connectivity index is 2.28. The predicted molar refractivity (Wildman–Crippen MR) is 91.4 cm³/mol. The number of benzene rings is 1. The summed E-state index contributed by atoms with van der Waals surface area (Å²) in [5, 5.41) is 23.2. The number of rotatable bonds is 5. The van der Waals surface area contributed by atoms with E-state index in [4.69, 9.17) is 4.74 Å². The van der Waals surface area contributed by atoms with E-state index in [0.29, 0.717) is 23.6 Å². The second-order valence-corrected chi connectivity index (χ2v) is 5.68. The minimum absolute atomic E-state index is 0.108. The van der Waals surface area contributed by atoms with Gasteiger partial charge in [0.15, 0.2) is 5.82 Å². The summed E-state index contributed by atoms with van der Waals surface area (Å²) in [6.07, 6.45) is 1.46. The molecular formula is C16H15BrN4O2. The van der Waals surface area contributed by atoms with Crippen molar-refractivity contribution in [1.82, 2.24) is 4.98 Å². The molecule has 23 heavy (non-hydrogen) atoms. The number of hydrogen-bond donors (Lipinski definition) is 2. The van der Waals surface area contributed by atoms with Gasteiger partial charge in [0, 0.05) is 28.4 Å². The zero-order valence-electron chi connectivity index (χ0n) is 12.7. The van der Waals surface area contributed by atoms with Gasteiger partial charge in [-0.05, 0) is 31.2 Å². The van der Waals surface area contributed by atoms with E-state index in [0.717, 1.165) is 15.7 Å². The lowest BCUT2D eigenvalue weighted by Gasteiger charge is -2.09. The average Bonchev–Trinajstić information content (AvgIpc) is 2.51. The normalized spacial score (nSPS) is 10.7. The van der Waals surface area contributed by atoms with Gasteiger partial charge in [-0.2, -0.15) is 10.4 Å². The Morgan fingerprint density at radius 1 is 1.48 bits per heavy atom. The number of methoxy groups -OCH3 is 1. The van der Waals surface area contributed by atoms with Crippen molar-refractivity contribution in [1.29, 1.82) is 5.26 Å². The average molecular weight is 375 g/mol. The molecule has 1 heterocycles. The van der Waals surface area contributed by atoms with E-state index in [9.17, 15) is 10.4 Å². The molecule has 0 bridgehead atoms. The van der Waals surface area contributed by atoms with Crippen molar-refractivity contribution >= 4 is 28.0 Å². The Kier molecular flexibility index (Phi) is 5.68. The highest BCUT2D eigenvalue weighted by Crippen LogP contribution is 2.21. The number of aryl methyl sites for hydroxylation is 1. The molecule has 0 unspecified atom stereocenters. The molecule has 0 atom stereocenters. The summed E-state index contributed by atoms with van der Waals surface area (Å²) in [6, 6.07) is 8.93. The Labute approximate surface area is 142 Å². The van der Waals surface area contributed by atoms with E-state index in [1.165, 1.54) is 6.21 Å². The van der Waals surface area contributed by atoms with Gasteiger partial charge >= 0.3 is 0 Å².